The van der Waals surface area contributed by atoms with Crippen LogP contribution in [0, 0.1) is 5.41 Å². The lowest BCUT2D eigenvalue weighted by molar-refractivity contribution is -0.131. The molecule has 3 fully saturated rings. The van der Waals surface area contributed by atoms with Crippen LogP contribution in [0.2, 0.25) is 0 Å². The largest absolute Gasteiger partial charge is 0.373 e. The van der Waals surface area contributed by atoms with Crippen molar-refractivity contribution in [1.82, 2.24) is 5.32 Å². The Morgan fingerprint density at radius 2 is 2.12 bits per heavy atom. The van der Waals surface area contributed by atoms with Crippen LogP contribution < -0.4 is 11.1 Å². The third-order valence-electron chi connectivity index (χ3n) is 4.86. The number of hydrogen-bond acceptors (Lipinski definition) is 3. The maximum absolute atomic E-state index is 12.4. The van der Waals surface area contributed by atoms with Crippen LogP contribution in [0.15, 0.2) is 0 Å². The van der Waals surface area contributed by atoms with Crippen LogP contribution >= 0.6 is 0 Å². The first-order valence-corrected chi connectivity index (χ1v) is 6.90. The van der Waals surface area contributed by atoms with Crippen LogP contribution in [0.3, 0.4) is 0 Å². The van der Waals surface area contributed by atoms with Crippen molar-refractivity contribution in [1.29, 1.82) is 0 Å². The molecular weight excluding hydrogens is 216 g/mol. The normalized spacial score (nSPS) is 38.5. The van der Waals surface area contributed by atoms with Crippen molar-refractivity contribution < 1.29 is 9.53 Å². The molecule has 3 N–H and O–H groups in total. The van der Waals surface area contributed by atoms with Gasteiger partial charge >= 0.3 is 0 Å². The lowest BCUT2D eigenvalue weighted by Crippen LogP contribution is -2.50. The highest BCUT2D eigenvalue weighted by Crippen LogP contribution is 2.39. The van der Waals surface area contributed by atoms with Crippen LogP contribution in [0.25, 0.3) is 0 Å². The molecule has 0 radical (unpaired) electrons. The van der Waals surface area contributed by atoms with Gasteiger partial charge in [0.05, 0.1) is 23.7 Å². The molecule has 1 aliphatic carbocycles. The van der Waals surface area contributed by atoms with E-state index < -0.39 is 0 Å². The van der Waals surface area contributed by atoms with Crippen molar-refractivity contribution in [2.24, 2.45) is 11.1 Å². The molecule has 17 heavy (non-hydrogen) atoms. The van der Waals surface area contributed by atoms with Crippen LogP contribution in [0.4, 0.5) is 0 Å². The molecule has 3 rings (SSSR count). The zero-order valence-corrected chi connectivity index (χ0v) is 10.3. The number of nitrogens with one attached hydrogen (secondary N) is 1. The second-order valence-corrected chi connectivity index (χ2v) is 5.88. The molecule has 0 spiro atoms. The Bertz CT molecular complexity index is 313. The van der Waals surface area contributed by atoms with Gasteiger partial charge in [-0.25, -0.2) is 0 Å². The molecule has 2 saturated heterocycles. The summed E-state index contributed by atoms with van der Waals surface area (Å²) in [6.45, 7) is 0.487. The van der Waals surface area contributed by atoms with Gasteiger partial charge in [0.25, 0.3) is 0 Å². The first-order valence-electron chi connectivity index (χ1n) is 6.90. The predicted octanol–water partition coefficient (Wildman–Crippen LogP) is 0.942. The summed E-state index contributed by atoms with van der Waals surface area (Å²) < 4.78 is 5.77. The quantitative estimate of drug-likeness (QED) is 0.769. The van der Waals surface area contributed by atoms with E-state index in [1.165, 1.54) is 6.42 Å². The van der Waals surface area contributed by atoms with Gasteiger partial charge in [0.2, 0.25) is 5.91 Å². The molecule has 2 heterocycles. The molecule has 0 aromatic rings. The van der Waals surface area contributed by atoms with E-state index in [9.17, 15) is 4.79 Å². The maximum Gasteiger partial charge on any atom is 0.227 e. The van der Waals surface area contributed by atoms with Gasteiger partial charge in [-0.05, 0) is 32.1 Å². The van der Waals surface area contributed by atoms with E-state index in [1.807, 2.05) is 0 Å². The van der Waals surface area contributed by atoms with Gasteiger partial charge in [-0.3, -0.25) is 4.79 Å². The number of hydrogen-bond donors (Lipinski definition) is 2. The highest BCUT2D eigenvalue weighted by atomic mass is 16.5. The summed E-state index contributed by atoms with van der Waals surface area (Å²) in [7, 11) is 0. The molecule has 3 atom stereocenters. The van der Waals surface area contributed by atoms with Gasteiger partial charge in [0, 0.05) is 6.54 Å². The average Bonchev–Trinajstić information content (AvgIpc) is 3.05. The van der Waals surface area contributed by atoms with Crippen LogP contribution in [-0.2, 0) is 9.53 Å². The topological polar surface area (TPSA) is 64.4 Å². The Morgan fingerprint density at radius 1 is 1.35 bits per heavy atom. The zero-order chi connectivity index (χ0) is 11.9. The monoisotopic (exact) mass is 238 g/mol. The molecular formula is C13H22N2O2. The number of rotatable bonds is 3. The first-order chi connectivity index (χ1) is 8.23. The smallest absolute Gasteiger partial charge is 0.227 e. The summed E-state index contributed by atoms with van der Waals surface area (Å²) in [5.74, 6) is 0.179. The van der Waals surface area contributed by atoms with Crippen molar-refractivity contribution >= 4 is 5.91 Å². The highest BCUT2D eigenvalue weighted by Gasteiger charge is 2.45. The number of carbonyl (C=O) groups excluding carboxylic acids is 1. The molecule has 2 bridgehead atoms. The SMILES string of the molecule is NCC1(C(=O)NC2CC3CCC2O3)CCCC1. The van der Waals surface area contributed by atoms with Crippen molar-refractivity contribution in [3.8, 4) is 0 Å². The highest BCUT2D eigenvalue weighted by molar-refractivity contribution is 5.83. The van der Waals surface area contributed by atoms with Gasteiger partial charge in [0.15, 0.2) is 0 Å². The van der Waals surface area contributed by atoms with E-state index in [1.54, 1.807) is 0 Å². The molecule has 4 heteroatoms. The Morgan fingerprint density at radius 3 is 2.65 bits per heavy atom. The van der Waals surface area contributed by atoms with Gasteiger partial charge in [-0.2, -0.15) is 0 Å². The zero-order valence-electron chi connectivity index (χ0n) is 10.3. The molecule has 3 unspecified atom stereocenters. The molecule has 1 amide bonds. The fourth-order valence-electron chi connectivity index (χ4n) is 3.69. The van der Waals surface area contributed by atoms with E-state index >= 15 is 0 Å². The number of fused-ring (bicyclic) bond motifs is 2. The Balaban J connectivity index is 1.63. The number of carbonyl (C=O) groups is 1. The lowest BCUT2D eigenvalue weighted by Gasteiger charge is -2.29. The molecule has 0 aromatic carbocycles. The van der Waals surface area contributed by atoms with E-state index in [0.29, 0.717) is 12.6 Å². The molecule has 4 nitrogen and oxygen atoms in total. The summed E-state index contributed by atoms with van der Waals surface area (Å²) in [6, 6.07) is 0.241. The third kappa shape index (κ3) is 1.87. The second kappa shape index (κ2) is 4.25. The van der Waals surface area contributed by atoms with Gasteiger partial charge in [-0.1, -0.05) is 12.8 Å². The second-order valence-electron chi connectivity index (χ2n) is 5.88. The molecule has 96 valence electrons. The van der Waals surface area contributed by atoms with Gasteiger partial charge < -0.3 is 15.8 Å². The Labute approximate surface area is 102 Å². The van der Waals surface area contributed by atoms with Crippen LogP contribution in [0.1, 0.15) is 44.9 Å². The first kappa shape index (κ1) is 11.5. The predicted molar refractivity (Wildman–Crippen MR) is 64.4 cm³/mol. The van der Waals surface area contributed by atoms with E-state index in [2.05, 4.69) is 5.32 Å². The third-order valence-corrected chi connectivity index (χ3v) is 4.86. The summed E-state index contributed by atoms with van der Waals surface area (Å²) in [6.07, 6.45) is 8.10. The minimum Gasteiger partial charge on any atom is -0.373 e. The fraction of sp³-hybridized carbons (Fsp3) is 0.923. The number of amides is 1. The Hall–Kier alpha value is -0.610. The summed E-state index contributed by atoms with van der Waals surface area (Å²) in [5.41, 5.74) is 5.55. The Kier molecular flexibility index (Phi) is 2.87. The van der Waals surface area contributed by atoms with E-state index in [-0.39, 0.29) is 23.5 Å². The standard InChI is InChI=1S/C13H22N2O2/c14-8-13(5-1-2-6-13)12(16)15-10-7-9-3-4-11(10)17-9/h9-11H,1-8,14H2,(H,15,16). The summed E-state index contributed by atoms with van der Waals surface area (Å²) >= 11 is 0. The van der Waals surface area contributed by atoms with Gasteiger partial charge in [0.1, 0.15) is 0 Å². The van der Waals surface area contributed by atoms with Crippen molar-refractivity contribution in [2.45, 2.75) is 63.2 Å². The minimum absolute atomic E-state index is 0.179. The summed E-state index contributed by atoms with van der Waals surface area (Å²) in [5, 5.41) is 3.20. The van der Waals surface area contributed by atoms with Crippen molar-refractivity contribution in [3.05, 3.63) is 0 Å². The molecule has 2 aliphatic heterocycles. The maximum atomic E-state index is 12.4. The van der Waals surface area contributed by atoms with Crippen LogP contribution in [-0.4, -0.2) is 30.7 Å². The molecule has 1 saturated carbocycles. The number of nitrogens with two attached hydrogens (primary N) is 1. The summed E-state index contributed by atoms with van der Waals surface area (Å²) in [4.78, 5) is 12.4. The van der Waals surface area contributed by atoms with E-state index in [0.717, 1.165) is 38.5 Å². The fourth-order valence-corrected chi connectivity index (χ4v) is 3.69. The lowest BCUT2D eigenvalue weighted by atomic mass is 9.84. The number of ether oxygens (including phenoxy) is 1. The average molecular weight is 238 g/mol. The molecule has 3 aliphatic rings. The van der Waals surface area contributed by atoms with E-state index in [4.69, 9.17) is 10.5 Å². The minimum atomic E-state index is -0.276. The van der Waals surface area contributed by atoms with Crippen molar-refractivity contribution in [2.75, 3.05) is 6.54 Å². The van der Waals surface area contributed by atoms with Crippen molar-refractivity contribution in [3.63, 3.8) is 0 Å². The van der Waals surface area contributed by atoms with Crippen LogP contribution in [0.5, 0.6) is 0 Å². The van der Waals surface area contributed by atoms with Gasteiger partial charge in [-0.15, -0.1) is 0 Å². The molecule has 0 aromatic heterocycles.